The summed E-state index contributed by atoms with van der Waals surface area (Å²) in [4.78, 5) is 15.2. The number of carboxylic acid groups (broad SMARTS) is 1. The Bertz CT molecular complexity index is 359. The number of carbonyl (C=O) groups is 1. The number of carboxylic acids is 1. The SMILES string of the molecule is O=C(O)c1cnc(CSC2CCCCC2)s1. The smallest absolute Gasteiger partial charge is 0.347 e. The quantitative estimate of drug-likeness (QED) is 0.898. The number of thioether (sulfide) groups is 1. The van der Waals surface area contributed by atoms with Gasteiger partial charge in [-0.25, -0.2) is 9.78 Å². The highest BCUT2D eigenvalue weighted by Crippen LogP contribution is 2.31. The average molecular weight is 257 g/mol. The van der Waals surface area contributed by atoms with Gasteiger partial charge in [0, 0.05) is 11.0 Å². The van der Waals surface area contributed by atoms with Crippen LogP contribution in [0.4, 0.5) is 0 Å². The number of aromatic carboxylic acids is 1. The summed E-state index contributed by atoms with van der Waals surface area (Å²) >= 11 is 3.23. The monoisotopic (exact) mass is 257 g/mol. The molecule has 1 aromatic rings. The molecule has 0 amide bonds. The van der Waals surface area contributed by atoms with Crippen molar-refractivity contribution in [1.29, 1.82) is 0 Å². The minimum atomic E-state index is -0.869. The van der Waals surface area contributed by atoms with Gasteiger partial charge in [-0.1, -0.05) is 19.3 Å². The Kier molecular flexibility index (Phi) is 4.23. The highest BCUT2D eigenvalue weighted by molar-refractivity contribution is 7.99. The van der Waals surface area contributed by atoms with Crippen molar-refractivity contribution in [3.8, 4) is 0 Å². The van der Waals surface area contributed by atoms with Crippen LogP contribution in [0.25, 0.3) is 0 Å². The van der Waals surface area contributed by atoms with Crippen LogP contribution in [0.3, 0.4) is 0 Å². The molecule has 3 nitrogen and oxygen atoms in total. The van der Waals surface area contributed by atoms with Crippen molar-refractivity contribution >= 4 is 29.1 Å². The molecule has 0 radical (unpaired) electrons. The second kappa shape index (κ2) is 5.68. The van der Waals surface area contributed by atoms with Crippen LogP contribution in [0.1, 0.15) is 46.8 Å². The minimum absolute atomic E-state index is 0.347. The second-order valence-electron chi connectivity index (χ2n) is 3.99. The van der Waals surface area contributed by atoms with Gasteiger partial charge in [0.05, 0.1) is 6.20 Å². The number of rotatable bonds is 4. The third kappa shape index (κ3) is 3.22. The molecular formula is C11H15NO2S2. The van der Waals surface area contributed by atoms with E-state index in [0.717, 1.165) is 16.0 Å². The van der Waals surface area contributed by atoms with Crippen LogP contribution in [-0.4, -0.2) is 21.3 Å². The molecule has 16 heavy (non-hydrogen) atoms. The van der Waals surface area contributed by atoms with Crippen LogP contribution in [0.15, 0.2) is 6.20 Å². The predicted octanol–water partition coefficient (Wildman–Crippen LogP) is 3.41. The van der Waals surface area contributed by atoms with Crippen LogP contribution in [-0.2, 0) is 5.75 Å². The van der Waals surface area contributed by atoms with Crippen molar-refractivity contribution < 1.29 is 9.90 Å². The van der Waals surface area contributed by atoms with E-state index in [4.69, 9.17) is 5.11 Å². The van der Waals surface area contributed by atoms with Gasteiger partial charge in [0.2, 0.25) is 0 Å². The van der Waals surface area contributed by atoms with Gasteiger partial charge < -0.3 is 5.11 Å². The van der Waals surface area contributed by atoms with Crippen LogP contribution < -0.4 is 0 Å². The second-order valence-corrected chi connectivity index (χ2v) is 6.40. The molecule has 1 heterocycles. The molecule has 0 atom stereocenters. The van der Waals surface area contributed by atoms with Crippen molar-refractivity contribution in [3.05, 3.63) is 16.1 Å². The molecule has 0 unspecified atom stereocenters. The normalized spacial score (nSPS) is 17.5. The van der Waals surface area contributed by atoms with Crippen molar-refractivity contribution in [2.75, 3.05) is 0 Å². The lowest BCUT2D eigenvalue weighted by atomic mass is 10.0. The van der Waals surface area contributed by atoms with Gasteiger partial charge in [0.15, 0.2) is 0 Å². The maximum Gasteiger partial charge on any atom is 0.347 e. The lowest BCUT2D eigenvalue weighted by molar-refractivity contribution is 0.0702. The van der Waals surface area contributed by atoms with Crippen molar-refractivity contribution in [1.82, 2.24) is 4.98 Å². The lowest BCUT2D eigenvalue weighted by Crippen LogP contribution is -2.07. The first-order valence-electron chi connectivity index (χ1n) is 5.55. The van der Waals surface area contributed by atoms with Crippen molar-refractivity contribution in [3.63, 3.8) is 0 Å². The predicted molar refractivity (Wildman–Crippen MR) is 67.2 cm³/mol. The number of aromatic nitrogens is 1. The van der Waals surface area contributed by atoms with Gasteiger partial charge in [0.25, 0.3) is 0 Å². The molecule has 2 rings (SSSR count). The fourth-order valence-corrected chi connectivity index (χ4v) is 4.01. The summed E-state index contributed by atoms with van der Waals surface area (Å²) in [6.45, 7) is 0. The van der Waals surface area contributed by atoms with Crippen LogP contribution in [0, 0.1) is 0 Å². The van der Waals surface area contributed by atoms with E-state index in [1.165, 1.54) is 49.6 Å². The fraction of sp³-hybridized carbons (Fsp3) is 0.636. The molecule has 1 aliphatic carbocycles. The summed E-state index contributed by atoms with van der Waals surface area (Å²) < 4.78 is 0. The summed E-state index contributed by atoms with van der Waals surface area (Å²) in [6.07, 6.45) is 8.14. The highest BCUT2D eigenvalue weighted by atomic mass is 32.2. The van der Waals surface area contributed by atoms with E-state index >= 15 is 0 Å². The van der Waals surface area contributed by atoms with Gasteiger partial charge >= 0.3 is 5.97 Å². The summed E-state index contributed by atoms with van der Waals surface area (Å²) in [5.74, 6) is -0.00536. The highest BCUT2D eigenvalue weighted by Gasteiger charge is 2.15. The first kappa shape index (κ1) is 11.9. The molecule has 1 N–H and O–H groups in total. The van der Waals surface area contributed by atoms with Gasteiger partial charge in [-0.15, -0.1) is 11.3 Å². The van der Waals surface area contributed by atoms with Crippen LogP contribution in [0.2, 0.25) is 0 Å². The average Bonchev–Trinajstić information content (AvgIpc) is 2.76. The summed E-state index contributed by atoms with van der Waals surface area (Å²) in [6, 6.07) is 0. The van der Waals surface area contributed by atoms with E-state index in [-0.39, 0.29) is 0 Å². The van der Waals surface area contributed by atoms with E-state index < -0.39 is 5.97 Å². The molecule has 1 fully saturated rings. The Hall–Kier alpha value is -0.550. The standard InChI is InChI=1S/C11H15NO2S2/c13-11(14)9-6-12-10(16-9)7-15-8-4-2-1-3-5-8/h6,8H,1-5,7H2,(H,13,14). The molecule has 0 saturated heterocycles. The molecule has 0 spiro atoms. The summed E-state index contributed by atoms with van der Waals surface area (Å²) in [5, 5.41) is 10.5. The van der Waals surface area contributed by atoms with E-state index in [2.05, 4.69) is 4.98 Å². The molecule has 1 saturated carbocycles. The largest absolute Gasteiger partial charge is 0.477 e. The minimum Gasteiger partial charge on any atom is -0.477 e. The van der Waals surface area contributed by atoms with Gasteiger partial charge in [-0.2, -0.15) is 11.8 Å². The third-order valence-electron chi connectivity index (χ3n) is 2.76. The Labute approximate surface area is 103 Å². The molecule has 0 aliphatic heterocycles. The molecule has 0 aromatic carbocycles. The maximum absolute atomic E-state index is 10.7. The molecule has 88 valence electrons. The zero-order valence-electron chi connectivity index (χ0n) is 9.02. The molecule has 5 heteroatoms. The Morgan fingerprint density at radius 3 is 2.88 bits per heavy atom. The number of hydrogen-bond donors (Lipinski definition) is 1. The zero-order chi connectivity index (χ0) is 11.4. The topological polar surface area (TPSA) is 50.2 Å². The Morgan fingerprint density at radius 1 is 1.50 bits per heavy atom. The van der Waals surface area contributed by atoms with E-state index in [0.29, 0.717) is 4.88 Å². The summed E-state index contributed by atoms with van der Waals surface area (Å²) in [7, 11) is 0. The van der Waals surface area contributed by atoms with Gasteiger partial charge in [-0.3, -0.25) is 0 Å². The molecule has 0 bridgehead atoms. The van der Waals surface area contributed by atoms with Crippen molar-refractivity contribution in [2.24, 2.45) is 0 Å². The van der Waals surface area contributed by atoms with E-state index in [1.54, 1.807) is 0 Å². The maximum atomic E-state index is 10.7. The molecule has 1 aromatic heterocycles. The van der Waals surface area contributed by atoms with Gasteiger partial charge in [0.1, 0.15) is 9.88 Å². The number of thiazole rings is 1. The molecular weight excluding hydrogens is 242 g/mol. The molecule has 1 aliphatic rings. The van der Waals surface area contributed by atoms with E-state index in [1.807, 2.05) is 11.8 Å². The lowest BCUT2D eigenvalue weighted by Gasteiger charge is -2.20. The van der Waals surface area contributed by atoms with Crippen LogP contribution >= 0.6 is 23.1 Å². The van der Waals surface area contributed by atoms with Crippen LogP contribution in [0.5, 0.6) is 0 Å². The summed E-state index contributed by atoms with van der Waals surface area (Å²) in [5.41, 5.74) is 0. The number of nitrogens with zero attached hydrogens (tertiary/aromatic N) is 1. The van der Waals surface area contributed by atoms with E-state index in [9.17, 15) is 4.79 Å². The Balaban J connectivity index is 1.81. The zero-order valence-corrected chi connectivity index (χ0v) is 10.6. The Morgan fingerprint density at radius 2 is 2.25 bits per heavy atom. The van der Waals surface area contributed by atoms with Crippen molar-refractivity contribution in [2.45, 2.75) is 43.1 Å². The first-order valence-corrected chi connectivity index (χ1v) is 7.42. The number of hydrogen-bond acceptors (Lipinski definition) is 4. The fourth-order valence-electron chi connectivity index (χ4n) is 1.90. The first-order chi connectivity index (χ1) is 7.75. The third-order valence-corrected chi connectivity index (χ3v) is 5.31. The van der Waals surface area contributed by atoms with Gasteiger partial charge in [-0.05, 0) is 12.8 Å².